The number of amides is 2. The van der Waals surface area contributed by atoms with Crippen molar-refractivity contribution >= 4 is 35.1 Å². The number of halogens is 1. The van der Waals surface area contributed by atoms with Crippen LogP contribution in [0.4, 0.5) is 5.69 Å². The number of carbonyl (C=O) groups excluding carboxylic acids is 3. The van der Waals surface area contributed by atoms with Gasteiger partial charge in [-0.05, 0) is 57.6 Å². The number of fused-ring (bicyclic) bond motifs is 1. The zero-order valence-corrected chi connectivity index (χ0v) is 22.7. The number of nitrogens with zero attached hydrogens (tertiary/aromatic N) is 2. The van der Waals surface area contributed by atoms with Gasteiger partial charge in [0.15, 0.2) is 0 Å². The topological polar surface area (TPSA) is 96.4 Å². The minimum atomic E-state index is -1.15. The first kappa shape index (κ1) is 28.3. The molecule has 0 aromatic heterocycles. The van der Waals surface area contributed by atoms with Gasteiger partial charge in [0, 0.05) is 19.7 Å². The number of aliphatic hydroxyl groups is 1. The molecular weight excluding hydrogens is 508 g/mol. The fourth-order valence-corrected chi connectivity index (χ4v) is 6.70. The first-order valence-electron chi connectivity index (χ1n) is 13.3. The summed E-state index contributed by atoms with van der Waals surface area (Å²) in [5.74, 6) is -2.68. The number of aliphatic hydroxyl groups excluding tert-OH is 1. The smallest absolute Gasteiger partial charge is 0.312 e. The van der Waals surface area contributed by atoms with Gasteiger partial charge in [0.1, 0.15) is 17.6 Å². The second kappa shape index (κ2) is 11.6. The van der Waals surface area contributed by atoms with Crippen LogP contribution in [-0.4, -0.2) is 71.3 Å². The molecule has 2 unspecified atom stereocenters. The minimum absolute atomic E-state index is 0.0581. The lowest BCUT2D eigenvalue weighted by Crippen LogP contribution is -2.56. The van der Waals surface area contributed by atoms with Crippen molar-refractivity contribution in [3.8, 4) is 0 Å². The number of carbonyl (C=O) groups is 3. The molecule has 9 heteroatoms. The van der Waals surface area contributed by atoms with Crippen LogP contribution in [0.15, 0.2) is 49.6 Å². The zero-order chi connectivity index (χ0) is 27.5. The van der Waals surface area contributed by atoms with Crippen LogP contribution in [0.3, 0.4) is 0 Å². The molecule has 3 aliphatic heterocycles. The number of hydrogen-bond acceptors (Lipinski definition) is 6. The van der Waals surface area contributed by atoms with Crippen molar-refractivity contribution in [2.45, 2.75) is 62.7 Å². The molecule has 1 aromatic carbocycles. The van der Waals surface area contributed by atoms with E-state index in [4.69, 9.17) is 21.1 Å². The van der Waals surface area contributed by atoms with Crippen LogP contribution in [0.1, 0.15) is 45.4 Å². The number of ether oxygens (including phenoxy) is 2. The quantitative estimate of drug-likeness (QED) is 0.230. The van der Waals surface area contributed by atoms with Gasteiger partial charge in [0.2, 0.25) is 5.91 Å². The lowest BCUT2D eigenvalue weighted by atomic mass is 9.66. The van der Waals surface area contributed by atoms with E-state index in [9.17, 15) is 19.5 Å². The second-order valence-corrected chi connectivity index (χ2v) is 10.9. The molecule has 3 saturated heterocycles. The first-order chi connectivity index (χ1) is 18.3. The molecule has 0 saturated carbocycles. The van der Waals surface area contributed by atoms with Crippen molar-refractivity contribution in [2.24, 2.45) is 11.8 Å². The molecule has 38 heavy (non-hydrogen) atoms. The Kier molecular flexibility index (Phi) is 8.65. The molecule has 4 rings (SSSR count). The van der Waals surface area contributed by atoms with Gasteiger partial charge < -0.3 is 24.4 Å². The Bertz CT molecular complexity index is 1090. The molecule has 206 valence electrons. The summed E-state index contributed by atoms with van der Waals surface area (Å²) in [6.07, 6.45) is 6.71. The summed E-state index contributed by atoms with van der Waals surface area (Å²) in [6, 6.07) is 6.12. The van der Waals surface area contributed by atoms with Crippen molar-refractivity contribution in [1.29, 1.82) is 0 Å². The van der Waals surface area contributed by atoms with Gasteiger partial charge in [-0.2, -0.15) is 0 Å². The summed E-state index contributed by atoms with van der Waals surface area (Å²) < 4.78 is 12.2. The average molecular weight is 545 g/mol. The highest BCUT2D eigenvalue weighted by Crippen LogP contribution is 2.63. The van der Waals surface area contributed by atoms with Crippen molar-refractivity contribution in [3.05, 3.63) is 54.6 Å². The largest absolute Gasteiger partial charge is 0.465 e. The summed E-state index contributed by atoms with van der Waals surface area (Å²) in [5, 5.41) is 9.63. The van der Waals surface area contributed by atoms with Gasteiger partial charge in [-0.3, -0.25) is 14.4 Å². The standard InChI is InChI=1S/C29H37ClN2O6/c1-4-6-19-37-27(36)23-22-25(34)32(17-10-7-11-18-33)24(29(22)15-14-28(23,3)38-29)26(35)31(16-5-2)21-13-9-8-12-20(21)30/h4-5,8-9,12-13,22-24,33H,1-2,6-7,10-11,14-19H2,3H3/t22-,23+,24?,28-,29?/m0/s1. The molecule has 3 aliphatic rings. The van der Waals surface area contributed by atoms with Gasteiger partial charge in [-0.25, -0.2) is 0 Å². The lowest BCUT2D eigenvalue weighted by Gasteiger charge is -2.37. The first-order valence-corrected chi connectivity index (χ1v) is 13.7. The summed E-state index contributed by atoms with van der Waals surface area (Å²) in [6.45, 7) is 10.1. The number of benzene rings is 1. The third-order valence-corrected chi connectivity index (χ3v) is 8.43. The van der Waals surface area contributed by atoms with E-state index < -0.39 is 35.0 Å². The Morgan fingerprint density at radius 1 is 1.24 bits per heavy atom. The fraction of sp³-hybridized carbons (Fsp3) is 0.552. The van der Waals surface area contributed by atoms with Crippen molar-refractivity contribution in [2.75, 3.05) is 31.2 Å². The summed E-state index contributed by atoms with van der Waals surface area (Å²) in [4.78, 5) is 45.0. The minimum Gasteiger partial charge on any atom is -0.465 e. The SMILES string of the molecule is C=CCCOC(=O)[C@H]1[C@H]2C(=O)N(CCCCCO)C(C(=O)N(CC=C)c3ccccc3Cl)C23CC[C@]1(C)O3. The van der Waals surface area contributed by atoms with E-state index in [0.29, 0.717) is 55.8 Å². The fourth-order valence-electron chi connectivity index (χ4n) is 6.46. The average Bonchev–Trinajstić information content (AvgIpc) is 3.46. The maximum atomic E-state index is 14.4. The summed E-state index contributed by atoms with van der Waals surface area (Å²) >= 11 is 6.49. The Balaban J connectivity index is 1.74. The van der Waals surface area contributed by atoms with Gasteiger partial charge >= 0.3 is 5.97 Å². The highest BCUT2D eigenvalue weighted by Gasteiger charge is 2.78. The summed E-state index contributed by atoms with van der Waals surface area (Å²) in [5.41, 5.74) is -1.53. The third kappa shape index (κ3) is 4.78. The molecule has 1 aromatic rings. The van der Waals surface area contributed by atoms with Gasteiger partial charge in [0.05, 0.1) is 28.8 Å². The molecule has 0 aliphatic carbocycles. The molecule has 3 heterocycles. The highest BCUT2D eigenvalue weighted by atomic mass is 35.5. The predicted molar refractivity (Wildman–Crippen MR) is 145 cm³/mol. The second-order valence-electron chi connectivity index (χ2n) is 10.5. The zero-order valence-electron chi connectivity index (χ0n) is 21.9. The number of likely N-dealkylation sites (tertiary alicyclic amines) is 1. The Morgan fingerprint density at radius 2 is 2.00 bits per heavy atom. The molecule has 1 N–H and O–H groups in total. The van der Waals surface area contributed by atoms with Crippen LogP contribution in [0.5, 0.6) is 0 Å². The number of esters is 1. The van der Waals surface area contributed by atoms with Crippen molar-refractivity contribution in [3.63, 3.8) is 0 Å². The molecule has 5 atom stereocenters. The van der Waals surface area contributed by atoms with Crippen LogP contribution in [0.2, 0.25) is 5.02 Å². The monoisotopic (exact) mass is 544 g/mol. The molecule has 8 nitrogen and oxygen atoms in total. The Morgan fingerprint density at radius 3 is 2.68 bits per heavy atom. The van der Waals surface area contributed by atoms with E-state index in [0.717, 1.165) is 0 Å². The molecule has 3 fully saturated rings. The highest BCUT2D eigenvalue weighted by molar-refractivity contribution is 6.34. The Labute approximate surface area is 229 Å². The number of para-hydroxylation sites is 1. The number of hydrogen-bond donors (Lipinski definition) is 1. The van der Waals surface area contributed by atoms with Crippen LogP contribution in [0.25, 0.3) is 0 Å². The van der Waals surface area contributed by atoms with Crippen LogP contribution in [-0.2, 0) is 23.9 Å². The molecule has 2 amide bonds. The van der Waals surface area contributed by atoms with Crippen LogP contribution < -0.4 is 4.90 Å². The van der Waals surface area contributed by atoms with E-state index >= 15 is 0 Å². The van der Waals surface area contributed by atoms with Crippen LogP contribution in [0, 0.1) is 11.8 Å². The Hall–Kier alpha value is -2.68. The van der Waals surface area contributed by atoms with E-state index in [1.165, 1.54) is 0 Å². The third-order valence-electron chi connectivity index (χ3n) is 8.11. The number of anilines is 1. The number of rotatable bonds is 13. The number of unbranched alkanes of at least 4 members (excludes halogenated alkanes) is 2. The van der Waals surface area contributed by atoms with Crippen molar-refractivity contribution in [1.82, 2.24) is 4.90 Å². The molecule has 1 spiro atoms. The molecule has 2 bridgehead atoms. The summed E-state index contributed by atoms with van der Waals surface area (Å²) in [7, 11) is 0. The van der Waals surface area contributed by atoms with Gasteiger partial charge in [-0.1, -0.05) is 35.9 Å². The van der Waals surface area contributed by atoms with E-state index in [2.05, 4.69) is 13.2 Å². The van der Waals surface area contributed by atoms with Crippen molar-refractivity contribution < 1.29 is 29.0 Å². The maximum absolute atomic E-state index is 14.4. The normalized spacial score (nSPS) is 29.3. The molecular formula is C29H37ClN2O6. The predicted octanol–water partition coefficient (Wildman–Crippen LogP) is 3.91. The van der Waals surface area contributed by atoms with E-state index in [-0.39, 0.29) is 31.6 Å². The van der Waals surface area contributed by atoms with E-state index in [1.54, 1.807) is 46.2 Å². The van der Waals surface area contributed by atoms with Gasteiger partial charge in [0.25, 0.3) is 5.91 Å². The molecule has 0 radical (unpaired) electrons. The van der Waals surface area contributed by atoms with Crippen LogP contribution >= 0.6 is 11.6 Å². The maximum Gasteiger partial charge on any atom is 0.312 e. The van der Waals surface area contributed by atoms with Gasteiger partial charge in [-0.15, -0.1) is 13.2 Å². The lowest BCUT2D eigenvalue weighted by molar-refractivity contribution is -0.159. The van der Waals surface area contributed by atoms with E-state index in [1.807, 2.05) is 6.92 Å².